The second-order valence-corrected chi connectivity index (χ2v) is 14.3. The molecule has 4 heteroatoms. The summed E-state index contributed by atoms with van der Waals surface area (Å²) in [6.07, 6.45) is 0. The molecule has 12 rings (SSSR count). The summed E-state index contributed by atoms with van der Waals surface area (Å²) in [6, 6.07) is 61.9. The number of fused-ring (bicyclic) bond motifs is 12. The van der Waals surface area contributed by atoms with E-state index >= 15 is 0 Å². The maximum atomic E-state index is 6.54. The predicted octanol–water partition coefficient (Wildman–Crippen LogP) is 13.7. The Hall–Kier alpha value is -7.43. The van der Waals surface area contributed by atoms with Gasteiger partial charge < -0.3 is 4.42 Å². The number of hydrogen-bond donors (Lipinski definition) is 0. The molecule has 0 N–H and O–H groups in total. The van der Waals surface area contributed by atoms with E-state index < -0.39 is 0 Å². The Balaban J connectivity index is 1.12. The summed E-state index contributed by atoms with van der Waals surface area (Å²) in [5.74, 6) is 0. The summed E-state index contributed by atoms with van der Waals surface area (Å²) in [5.41, 5.74) is 10.5. The van der Waals surface area contributed by atoms with Crippen LogP contribution in [-0.2, 0) is 0 Å². The van der Waals surface area contributed by atoms with E-state index in [2.05, 4.69) is 158 Å². The molecular formula is C51H29N3O. The second-order valence-electron chi connectivity index (χ2n) is 14.3. The van der Waals surface area contributed by atoms with Gasteiger partial charge in [-0.25, -0.2) is 15.0 Å². The molecule has 0 spiro atoms. The number of hydrogen-bond acceptors (Lipinski definition) is 4. The summed E-state index contributed by atoms with van der Waals surface area (Å²) in [5, 5.41) is 12.2. The highest BCUT2D eigenvalue weighted by Crippen LogP contribution is 2.43. The minimum absolute atomic E-state index is 0.875. The molecule has 0 atom stereocenters. The molecule has 0 unspecified atom stereocenters. The van der Waals surface area contributed by atoms with Crippen molar-refractivity contribution in [1.82, 2.24) is 15.0 Å². The van der Waals surface area contributed by atoms with Crippen LogP contribution in [0.15, 0.2) is 180 Å². The third-order valence-corrected chi connectivity index (χ3v) is 11.2. The fraction of sp³-hybridized carbons (Fsp3) is 0. The third kappa shape index (κ3) is 4.55. The molecule has 4 heterocycles. The molecule has 4 aromatic heterocycles. The normalized spacial score (nSPS) is 12.0. The molecule has 0 fully saturated rings. The SMILES string of the molecule is c1ccc(-c2ccc3ccc4ccc(-c5ccc(-c6nc7ccc8c9ccccc9oc8c7c7ccccc67)c6cc7ccccc7cc56)nc4c3n2)cc1. The van der Waals surface area contributed by atoms with Crippen LogP contribution in [0.1, 0.15) is 0 Å². The van der Waals surface area contributed by atoms with E-state index in [1.54, 1.807) is 0 Å². The summed E-state index contributed by atoms with van der Waals surface area (Å²) >= 11 is 0. The third-order valence-electron chi connectivity index (χ3n) is 11.2. The van der Waals surface area contributed by atoms with Gasteiger partial charge in [0.1, 0.15) is 11.2 Å². The molecule has 0 radical (unpaired) electrons. The van der Waals surface area contributed by atoms with Crippen LogP contribution in [0.25, 0.3) is 121 Å². The molecule has 0 saturated heterocycles. The molecule has 8 aromatic carbocycles. The first kappa shape index (κ1) is 30.1. The number of rotatable bonds is 3. The van der Waals surface area contributed by atoms with E-state index in [0.717, 1.165) is 110 Å². The van der Waals surface area contributed by atoms with Gasteiger partial charge in [0.15, 0.2) is 0 Å². The number of pyridine rings is 3. The van der Waals surface area contributed by atoms with Gasteiger partial charge in [-0.2, -0.15) is 0 Å². The Morgan fingerprint density at radius 1 is 0.364 bits per heavy atom. The molecule has 55 heavy (non-hydrogen) atoms. The van der Waals surface area contributed by atoms with Gasteiger partial charge in [0.05, 0.1) is 39.0 Å². The lowest BCUT2D eigenvalue weighted by molar-refractivity contribution is 0.673. The van der Waals surface area contributed by atoms with Gasteiger partial charge in [-0.15, -0.1) is 0 Å². The van der Waals surface area contributed by atoms with E-state index in [1.165, 1.54) is 10.8 Å². The lowest BCUT2D eigenvalue weighted by Gasteiger charge is -2.16. The highest BCUT2D eigenvalue weighted by Gasteiger charge is 2.20. The fourth-order valence-electron chi connectivity index (χ4n) is 8.58. The molecule has 12 aromatic rings. The molecule has 0 amide bonds. The van der Waals surface area contributed by atoms with Crippen molar-refractivity contribution in [2.24, 2.45) is 0 Å². The van der Waals surface area contributed by atoms with Crippen molar-refractivity contribution in [2.45, 2.75) is 0 Å². The minimum atomic E-state index is 0.875. The molecule has 0 aliphatic rings. The Bertz CT molecular complexity index is 3550. The fourth-order valence-corrected chi connectivity index (χ4v) is 8.58. The lowest BCUT2D eigenvalue weighted by Crippen LogP contribution is -1.94. The zero-order chi connectivity index (χ0) is 36.0. The molecular weight excluding hydrogens is 671 g/mol. The van der Waals surface area contributed by atoms with Crippen molar-refractivity contribution in [3.05, 3.63) is 176 Å². The van der Waals surface area contributed by atoms with Crippen LogP contribution in [0.4, 0.5) is 0 Å². The average Bonchev–Trinajstić information content (AvgIpc) is 3.64. The van der Waals surface area contributed by atoms with Crippen molar-refractivity contribution in [3.8, 4) is 33.8 Å². The molecule has 0 aliphatic heterocycles. The monoisotopic (exact) mass is 699 g/mol. The van der Waals surface area contributed by atoms with E-state index in [9.17, 15) is 0 Å². The quantitative estimate of drug-likeness (QED) is 0.136. The highest BCUT2D eigenvalue weighted by molar-refractivity contribution is 6.25. The number of nitrogens with zero attached hydrogens (tertiary/aromatic N) is 3. The topological polar surface area (TPSA) is 51.8 Å². The van der Waals surface area contributed by atoms with Crippen LogP contribution >= 0.6 is 0 Å². The van der Waals surface area contributed by atoms with Gasteiger partial charge in [0, 0.05) is 43.6 Å². The molecule has 0 bridgehead atoms. The first-order chi connectivity index (χ1) is 27.2. The number of furan rings is 1. The van der Waals surface area contributed by atoms with Crippen LogP contribution in [-0.4, -0.2) is 15.0 Å². The highest BCUT2D eigenvalue weighted by atomic mass is 16.3. The Labute approximate surface area is 315 Å². The number of para-hydroxylation sites is 1. The smallest absolute Gasteiger partial charge is 0.145 e. The van der Waals surface area contributed by atoms with Gasteiger partial charge in [-0.3, -0.25) is 0 Å². The predicted molar refractivity (Wildman–Crippen MR) is 228 cm³/mol. The van der Waals surface area contributed by atoms with Gasteiger partial charge in [0.2, 0.25) is 0 Å². The minimum Gasteiger partial charge on any atom is -0.455 e. The Morgan fingerprint density at radius 2 is 0.964 bits per heavy atom. The van der Waals surface area contributed by atoms with Crippen LogP contribution in [0.5, 0.6) is 0 Å². The first-order valence-electron chi connectivity index (χ1n) is 18.6. The van der Waals surface area contributed by atoms with Gasteiger partial charge in [-0.05, 0) is 69.4 Å². The second kappa shape index (κ2) is 11.5. The van der Waals surface area contributed by atoms with E-state index in [1.807, 2.05) is 18.2 Å². The zero-order valence-electron chi connectivity index (χ0n) is 29.5. The van der Waals surface area contributed by atoms with E-state index in [0.29, 0.717) is 0 Å². The van der Waals surface area contributed by atoms with Gasteiger partial charge >= 0.3 is 0 Å². The largest absolute Gasteiger partial charge is 0.455 e. The maximum Gasteiger partial charge on any atom is 0.145 e. The standard InChI is InChI=1S/C51H29N3O/c1-2-10-30(11-3-1)43-25-20-31-18-19-32-21-26-44(53-49(32)48(31)52-43)35-22-23-39(42-29-34-13-5-4-12-33(34)28-41(35)42)50-38-16-7-6-15-37(38)47-45(54-50)27-24-40-36-14-8-9-17-46(36)55-51(40)47/h1-29H. The molecule has 4 nitrogen and oxygen atoms in total. The van der Waals surface area contributed by atoms with E-state index in [-0.39, 0.29) is 0 Å². The van der Waals surface area contributed by atoms with Crippen molar-refractivity contribution >= 4 is 87.0 Å². The molecule has 0 saturated carbocycles. The van der Waals surface area contributed by atoms with Crippen molar-refractivity contribution in [1.29, 1.82) is 0 Å². The number of aromatic nitrogens is 3. The Kier molecular flexibility index (Phi) is 6.31. The van der Waals surface area contributed by atoms with Gasteiger partial charge in [0.25, 0.3) is 0 Å². The molecule has 254 valence electrons. The summed E-state index contributed by atoms with van der Waals surface area (Å²) < 4.78 is 6.54. The van der Waals surface area contributed by atoms with Crippen molar-refractivity contribution < 1.29 is 4.42 Å². The van der Waals surface area contributed by atoms with Crippen LogP contribution in [0.3, 0.4) is 0 Å². The summed E-state index contributed by atoms with van der Waals surface area (Å²) in [7, 11) is 0. The van der Waals surface area contributed by atoms with Crippen LogP contribution < -0.4 is 0 Å². The Morgan fingerprint density at radius 3 is 1.75 bits per heavy atom. The summed E-state index contributed by atoms with van der Waals surface area (Å²) in [6.45, 7) is 0. The van der Waals surface area contributed by atoms with E-state index in [4.69, 9.17) is 19.4 Å². The maximum absolute atomic E-state index is 6.54. The molecule has 0 aliphatic carbocycles. The average molecular weight is 700 g/mol. The van der Waals surface area contributed by atoms with Gasteiger partial charge in [-0.1, -0.05) is 133 Å². The lowest BCUT2D eigenvalue weighted by atomic mass is 9.91. The number of benzene rings is 8. The van der Waals surface area contributed by atoms with Crippen molar-refractivity contribution in [2.75, 3.05) is 0 Å². The van der Waals surface area contributed by atoms with Crippen molar-refractivity contribution in [3.63, 3.8) is 0 Å². The van der Waals surface area contributed by atoms with Crippen LogP contribution in [0, 0.1) is 0 Å². The zero-order valence-corrected chi connectivity index (χ0v) is 29.5. The first-order valence-corrected chi connectivity index (χ1v) is 18.6. The van der Waals surface area contributed by atoms with Crippen LogP contribution in [0.2, 0.25) is 0 Å². The summed E-state index contributed by atoms with van der Waals surface area (Å²) in [4.78, 5) is 16.0.